The summed E-state index contributed by atoms with van der Waals surface area (Å²) in [5.74, 6) is 1.34. The minimum absolute atomic E-state index is 1.10. The first-order chi connectivity index (χ1) is 6.29. The second kappa shape index (κ2) is 3.21. The van der Waals surface area contributed by atoms with E-state index in [0.29, 0.717) is 0 Å². The van der Waals surface area contributed by atoms with E-state index >= 15 is 0 Å². The molecule has 13 heavy (non-hydrogen) atoms. The molecular formula is C11H15N2+. The average Bonchev–Trinajstić information content (AvgIpc) is 2.49. The lowest BCUT2D eigenvalue weighted by atomic mass is 10.3. The molecule has 0 N–H and O–H groups in total. The van der Waals surface area contributed by atoms with Crippen LogP contribution in [0.25, 0.3) is 0 Å². The summed E-state index contributed by atoms with van der Waals surface area (Å²) >= 11 is 0. The van der Waals surface area contributed by atoms with Gasteiger partial charge in [0.05, 0.1) is 7.05 Å². The lowest BCUT2D eigenvalue weighted by Gasteiger charge is -2.09. The highest BCUT2D eigenvalue weighted by Crippen LogP contribution is 2.15. The Morgan fingerprint density at radius 3 is 2.46 bits per heavy atom. The molecule has 0 unspecified atom stereocenters. The third-order valence-electron chi connectivity index (χ3n) is 2.67. The van der Waals surface area contributed by atoms with Gasteiger partial charge < -0.3 is 0 Å². The highest BCUT2D eigenvalue weighted by atomic mass is 15.3. The van der Waals surface area contributed by atoms with Crippen LogP contribution in [-0.2, 0) is 0 Å². The number of hydrogen-bond acceptors (Lipinski definition) is 1. The Labute approximate surface area is 79.1 Å². The number of hydrogen-bond donors (Lipinski definition) is 0. The van der Waals surface area contributed by atoms with Gasteiger partial charge in [-0.3, -0.25) is 4.58 Å². The molecule has 0 aromatic heterocycles. The average molecular weight is 175 g/mol. The molecule has 0 aliphatic carbocycles. The van der Waals surface area contributed by atoms with E-state index in [2.05, 4.69) is 53.8 Å². The number of benzene rings is 1. The fraction of sp³-hybridized carbons (Fsp3) is 0.364. The number of amidine groups is 1. The molecule has 0 bridgehead atoms. The number of nitrogens with zero attached hydrogens (tertiary/aromatic N) is 2. The summed E-state index contributed by atoms with van der Waals surface area (Å²) in [6.45, 7) is 4.40. The van der Waals surface area contributed by atoms with Crippen molar-refractivity contribution in [2.24, 2.45) is 0 Å². The predicted molar refractivity (Wildman–Crippen MR) is 55.5 cm³/mol. The van der Waals surface area contributed by atoms with Gasteiger partial charge in [-0.25, -0.2) is 4.90 Å². The van der Waals surface area contributed by atoms with Gasteiger partial charge in [0.25, 0.3) is 0 Å². The van der Waals surface area contributed by atoms with Gasteiger partial charge >= 0.3 is 0 Å². The Kier molecular flexibility index (Phi) is 2.05. The largest absolute Gasteiger partial charge is 0.264 e. The van der Waals surface area contributed by atoms with Crippen molar-refractivity contribution in [2.75, 3.05) is 25.0 Å². The fourth-order valence-electron chi connectivity index (χ4n) is 1.70. The number of likely N-dealkylation sites (N-methyl/N-ethyl adjacent to an activating group) is 1. The Morgan fingerprint density at radius 1 is 1.23 bits per heavy atom. The molecule has 1 heterocycles. The third-order valence-corrected chi connectivity index (χ3v) is 2.67. The van der Waals surface area contributed by atoms with Crippen LogP contribution in [0.1, 0.15) is 6.92 Å². The zero-order valence-electron chi connectivity index (χ0n) is 8.20. The van der Waals surface area contributed by atoms with Gasteiger partial charge in [0, 0.05) is 6.92 Å². The molecule has 1 aromatic carbocycles. The summed E-state index contributed by atoms with van der Waals surface area (Å²) in [5, 5.41) is 0. The zero-order chi connectivity index (χ0) is 9.26. The summed E-state index contributed by atoms with van der Waals surface area (Å²) in [5.41, 5.74) is 1.30. The molecule has 0 spiro atoms. The number of rotatable bonds is 1. The van der Waals surface area contributed by atoms with Crippen LogP contribution in [0.2, 0.25) is 0 Å². The lowest BCUT2D eigenvalue weighted by molar-refractivity contribution is -0.486. The molecule has 1 aliphatic rings. The zero-order valence-corrected chi connectivity index (χ0v) is 8.20. The van der Waals surface area contributed by atoms with Crippen LogP contribution in [0.4, 0.5) is 5.69 Å². The number of para-hydroxylation sites is 1. The van der Waals surface area contributed by atoms with Crippen LogP contribution in [0, 0.1) is 0 Å². The lowest BCUT2D eigenvalue weighted by Crippen LogP contribution is -2.25. The van der Waals surface area contributed by atoms with Crippen molar-refractivity contribution in [3.8, 4) is 0 Å². The molecule has 2 heteroatoms. The van der Waals surface area contributed by atoms with E-state index < -0.39 is 0 Å². The first-order valence-corrected chi connectivity index (χ1v) is 4.66. The van der Waals surface area contributed by atoms with E-state index in [1.807, 2.05) is 0 Å². The van der Waals surface area contributed by atoms with Crippen molar-refractivity contribution in [3.05, 3.63) is 30.3 Å². The quantitative estimate of drug-likeness (QED) is 0.587. The van der Waals surface area contributed by atoms with Crippen LogP contribution < -0.4 is 4.90 Å². The highest BCUT2D eigenvalue weighted by Gasteiger charge is 2.25. The van der Waals surface area contributed by atoms with Gasteiger partial charge in [0.1, 0.15) is 18.8 Å². The maximum atomic E-state index is 2.35. The Hall–Kier alpha value is -1.31. The smallest absolute Gasteiger partial charge is 0.248 e. The first kappa shape index (κ1) is 8.30. The highest BCUT2D eigenvalue weighted by molar-refractivity contribution is 5.93. The SMILES string of the molecule is CC1=[N+](C)CCN1c1ccccc1. The molecule has 0 saturated carbocycles. The van der Waals surface area contributed by atoms with Crippen molar-refractivity contribution in [1.29, 1.82) is 0 Å². The third kappa shape index (κ3) is 1.44. The molecule has 0 amide bonds. The summed E-state index contributed by atoms with van der Waals surface area (Å²) in [4.78, 5) is 2.35. The van der Waals surface area contributed by atoms with Crippen molar-refractivity contribution in [1.82, 2.24) is 0 Å². The van der Waals surface area contributed by atoms with E-state index in [1.165, 1.54) is 11.5 Å². The molecule has 0 fully saturated rings. The Balaban J connectivity index is 2.30. The summed E-state index contributed by atoms with van der Waals surface area (Å²) in [7, 11) is 2.14. The van der Waals surface area contributed by atoms with Gasteiger partial charge in [-0.05, 0) is 12.1 Å². The maximum Gasteiger partial charge on any atom is 0.248 e. The first-order valence-electron chi connectivity index (χ1n) is 4.66. The molecule has 1 aromatic rings. The van der Waals surface area contributed by atoms with E-state index in [4.69, 9.17) is 0 Å². The van der Waals surface area contributed by atoms with Crippen LogP contribution in [-0.4, -0.2) is 30.5 Å². The standard InChI is InChI=1S/C11H15N2/c1-10-12(2)8-9-13(10)11-6-4-3-5-7-11/h3-7H,8-9H2,1-2H3/q+1. The van der Waals surface area contributed by atoms with Gasteiger partial charge in [-0.1, -0.05) is 18.2 Å². The molecule has 0 radical (unpaired) electrons. The van der Waals surface area contributed by atoms with Gasteiger partial charge in [0.15, 0.2) is 0 Å². The van der Waals surface area contributed by atoms with Gasteiger partial charge in [-0.2, -0.15) is 0 Å². The molecular weight excluding hydrogens is 160 g/mol. The fourth-order valence-corrected chi connectivity index (χ4v) is 1.70. The molecule has 0 atom stereocenters. The molecule has 2 rings (SSSR count). The molecule has 68 valence electrons. The summed E-state index contributed by atoms with van der Waals surface area (Å²) in [6, 6.07) is 10.5. The minimum Gasteiger partial charge on any atom is -0.264 e. The van der Waals surface area contributed by atoms with Crippen molar-refractivity contribution < 1.29 is 4.58 Å². The van der Waals surface area contributed by atoms with E-state index in [9.17, 15) is 0 Å². The molecule has 0 saturated heterocycles. The van der Waals surface area contributed by atoms with Gasteiger partial charge in [0.2, 0.25) is 5.84 Å². The maximum absolute atomic E-state index is 2.35. The Bertz CT molecular complexity index is 327. The normalized spacial score (nSPS) is 16.9. The topological polar surface area (TPSA) is 6.25 Å². The molecule has 1 aliphatic heterocycles. The van der Waals surface area contributed by atoms with Crippen LogP contribution in [0.15, 0.2) is 30.3 Å². The number of anilines is 1. The van der Waals surface area contributed by atoms with E-state index in [1.54, 1.807) is 0 Å². The second-order valence-corrected chi connectivity index (χ2v) is 3.46. The van der Waals surface area contributed by atoms with Crippen molar-refractivity contribution >= 4 is 11.5 Å². The molecule has 2 nitrogen and oxygen atoms in total. The monoisotopic (exact) mass is 175 g/mol. The van der Waals surface area contributed by atoms with Crippen LogP contribution >= 0.6 is 0 Å². The second-order valence-electron chi connectivity index (χ2n) is 3.46. The Morgan fingerprint density at radius 2 is 1.92 bits per heavy atom. The summed E-state index contributed by atoms with van der Waals surface area (Å²) in [6.07, 6.45) is 0. The van der Waals surface area contributed by atoms with Crippen LogP contribution in [0.3, 0.4) is 0 Å². The predicted octanol–water partition coefficient (Wildman–Crippen LogP) is 1.57. The summed E-state index contributed by atoms with van der Waals surface area (Å²) < 4.78 is 2.28. The van der Waals surface area contributed by atoms with Gasteiger partial charge in [-0.15, -0.1) is 0 Å². The van der Waals surface area contributed by atoms with Crippen LogP contribution in [0.5, 0.6) is 0 Å². The van der Waals surface area contributed by atoms with E-state index in [-0.39, 0.29) is 0 Å². The van der Waals surface area contributed by atoms with Crippen molar-refractivity contribution in [2.45, 2.75) is 6.92 Å². The minimum atomic E-state index is 1.10. The van der Waals surface area contributed by atoms with E-state index in [0.717, 1.165) is 13.1 Å². The van der Waals surface area contributed by atoms with Crippen molar-refractivity contribution in [3.63, 3.8) is 0 Å².